The van der Waals surface area contributed by atoms with Crippen molar-refractivity contribution in [1.82, 2.24) is 15.5 Å². The van der Waals surface area contributed by atoms with Gasteiger partial charge in [0.1, 0.15) is 0 Å². The summed E-state index contributed by atoms with van der Waals surface area (Å²) in [4.78, 5) is 24.9. The van der Waals surface area contributed by atoms with Crippen LogP contribution in [-0.4, -0.2) is 52.7 Å². The molecule has 0 radical (unpaired) electrons. The Bertz CT molecular complexity index is 401. The van der Waals surface area contributed by atoms with E-state index in [0.29, 0.717) is 0 Å². The van der Waals surface area contributed by atoms with Gasteiger partial charge in [-0.3, -0.25) is 9.69 Å². The number of likely N-dealkylation sites (N-methyl/N-ethyl adjacent to an activating group) is 1. The number of nitrogens with zero attached hydrogens (tertiary/aromatic N) is 1. The van der Waals surface area contributed by atoms with Gasteiger partial charge in [0.2, 0.25) is 0 Å². The molecule has 2 aliphatic rings. The first-order valence-corrected chi connectivity index (χ1v) is 8.46. The van der Waals surface area contributed by atoms with Crippen LogP contribution in [0.15, 0.2) is 0 Å². The SMILES string of the molecule is CCN(CC(=O)O)C1CC(NC(=O)NC2(C)CCCCC2)C1. The molecule has 6 heteroatoms. The zero-order chi connectivity index (χ0) is 16.2. The van der Waals surface area contributed by atoms with Gasteiger partial charge in [0, 0.05) is 17.6 Å². The third-order valence-electron chi connectivity index (χ3n) is 5.08. The molecule has 0 unspecified atom stereocenters. The second kappa shape index (κ2) is 7.31. The van der Waals surface area contributed by atoms with Crippen molar-refractivity contribution in [1.29, 1.82) is 0 Å². The molecule has 0 heterocycles. The van der Waals surface area contributed by atoms with E-state index in [1.54, 1.807) is 0 Å². The Morgan fingerprint density at radius 3 is 2.41 bits per heavy atom. The predicted molar refractivity (Wildman–Crippen MR) is 84.9 cm³/mol. The first kappa shape index (κ1) is 17.1. The number of hydrogen-bond acceptors (Lipinski definition) is 3. The highest BCUT2D eigenvalue weighted by Gasteiger charge is 2.36. The molecular formula is C16H29N3O3. The molecule has 0 saturated heterocycles. The minimum atomic E-state index is -0.791. The molecule has 2 fully saturated rings. The lowest BCUT2D eigenvalue weighted by molar-refractivity contribution is -0.139. The summed E-state index contributed by atoms with van der Waals surface area (Å²) < 4.78 is 0. The van der Waals surface area contributed by atoms with Gasteiger partial charge in [0.05, 0.1) is 6.54 Å². The van der Waals surface area contributed by atoms with E-state index in [9.17, 15) is 9.59 Å². The molecule has 2 saturated carbocycles. The molecule has 2 amide bonds. The average molecular weight is 311 g/mol. The van der Waals surface area contributed by atoms with Gasteiger partial charge in [-0.1, -0.05) is 26.2 Å². The first-order chi connectivity index (χ1) is 10.4. The Labute approximate surface area is 132 Å². The molecule has 0 aliphatic heterocycles. The number of aliphatic carboxylic acids is 1. The number of carbonyl (C=O) groups is 2. The smallest absolute Gasteiger partial charge is 0.317 e. The van der Waals surface area contributed by atoms with Crippen molar-refractivity contribution in [3.05, 3.63) is 0 Å². The van der Waals surface area contributed by atoms with Gasteiger partial charge >= 0.3 is 12.0 Å². The van der Waals surface area contributed by atoms with E-state index in [-0.39, 0.29) is 30.2 Å². The Balaban J connectivity index is 1.70. The Morgan fingerprint density at radius 2 is 1.86 bits per heavy atom. The van der Waals surface area contributed by atoms with Crippen LogP contribution in [0, 0.1) is 0 Å². The van der Waals surface area contributed by atoms with E-state index in [4.69, 9.17) is 5.11 Å². The predicted octanol–water partition coefficient (Wildman–Crippen LogP) is 1.95. The van der Waals surface area contributed by atoms with Gasteiger partial charge in [0.15, 0.2) is 0 Å². The van der Waals surface area contributed by atoms with Crippen LogP contribution in [0.25, 0.3) is 0 Å². The fourth-order valence-corrected chi connectivity index (χ4v) is 3.63. The summed E-state index contributed by atoms with van der Waals surface area (Å²) in [7, 11) is 0. The second-order valence-electron chi connectivity index (χ2n) is 7.00. The minimum absolute atomic E-state index is 0.0652. The van der Waals surface area contributed by atoms with Gasteiger partial charge in [-0.25, -0.2) is 4.79 Å². The molecule has 0 bridgehead atoms. The molecule has 0 atom stereocenters. The molecule has 2 rings (SSSR count). The zero-order valence-electron chi connectivity index (χ0n) is 13.7. The normalized spacial score (nSPS) is 27.0. The van der Waals surface area contributed by atoms with Crippen molar-refractivity contribution in [3.8, 4) is 0 Å². The number of carbonyl (C=O) groups excluding carboxylic acids is 1. The molecule has 22 heavy (non-hydrogen) atoms. The summed E-state index contributed by atoms with van der Waals surface area (Å²) in [5.41, 5.74) is -0.0652. The van der Waals surface area contributed by atoms with E-state index in [1.165, 1.54) is 19.3 Å². The van der Waals surface area contributed by atoms with Crippen LogP contribution < -0.4 is 10.6 Å². The lowest BCUT2D eigenvalue weighted by atomic mass is 9.83. The highest BCUT2D eigenvalue weighted by atomic mass is 16.4. The standard InChI is InChI=1S/C16H29N3O3/c1-3-19(11-14(20)21)13-9-12(10-13)17-15(22)18-16(2)7-5-4-6-8-16/h12-13H,3-11H2,1-2H3,(H,20,21)(H2,17,18,22). The summed E-state index contributed by atoms with van der Waals surface area (Å²) >= 11 is 0. The van der Waals surface area contributed by atoms with E-state index in [2.05, 4.69) is 17.6 Å². The number of carboxylic acids is 1. The van der Waals surface area contributed by atoms with Gasteiger partial charge in [-0.2, -0.15) is 0 Å². The monoisotopic (exact) mass is 311 g/mol. The molecule has 126 valence electrons. The summed E-state index contributed by atoms with van der Waals surface area (Å²) in [6.45, 7) is 4.91. The lowest BCUT2D eigenvalue weighted by Crippen LogP contribution is -2.59. The number of urea groups is 1. The van der Waals surface area contributed by atoms with Crippen LogP contribution in [0.4, 0.5) is 4.79 Å². The van der Waals surface area contributed by atoms with Crippen molar-refractivity contribution < 1.29 is 14.7 Å². The highest BCUT2D eigenvalue weighted by molar-refractivity contribution is 5.75. The summed E-state index contributed by atoms with van der Waals surface area (Å²) in [6, 6.07) is 0.367. The molecule has 2 aliphatic carbocycles. The molecule has 0 spiro atoms. The maximum absolute atomic E-state index is 12.1. The zero-order valence-corrected chi connectivity index (χ0v) is 13.7. The molecule has 0 aromatic rings. The summed E-state index contributed by atoms with van der Waals surface area (Å²) in [6.07, 6.45) is 7.41. The van der Waals surface area contributed by atoms with Crippen molar-refractivity contribution >= 4 is 12.0 Å². The van der Waals surface area contributed by atoms with Gasteiger partial charge < -0.3 is 15.7 Å². The van der Waals surface area contributed by atoms with Crippen molar-refractivity contribution in [2.75, 3.05) is 13.1 Å². The molecule has 3 N–H and O–H groups in total. The van der Waals surface area contributed by atoms with Crippen molar-refractivity contribution in [2.45, 2.75) is 76.4 Å². The van der Waals surface area contributed by atoms with Crippen LogP contribution in [0.3, 0.4) is 0 Å². The van der Waals surface area contributed by atoms with Gasteiger partial charge in [-0.15, -0.1) is 0 Å². The van der Waals surface area contributed by atoms with Crippen LogP contribution in [-0.2, 0) is 4.79 Å². The number of nitrogens with one attached hydrogen (secondary N) is 2. The van der Waals surface area contributed by atoms with E-state index in [1.807, 2.05) is 11.8 Å². The Morgan fingerprint density at radius 1 is 1.23 bits per heavy atom. The van der Waals surface area contributed by atoms with Crippen LogP contribution in [0.5, 0.6) is 0 Å². The fraction of sp³-hybridized carbons (Fsp3) is 0.875. The number of hydrogen-bond donors (Lipinski definition) is 3. The molecule has 0 aromatic carbocycles. The Hall–Kier alpha value is -1.30. The van der Waals surface area contributed by atoms with Gasteiger partial charge in [0.25, 0.3) is 0 Å². The van der Waals surface area contributed by atoms with Gasteiger partial charge in [-0.05, 0) is 39.2 Å². The van der Waals surface area contributed by atoms with Crippen LogP contribution in [0.2, 0.25) is 0 Å². The summed E-state index contributed by atoms with van der Waals surface area (Å²) in [5.74, 6) is -0.791. The number of amides is 2. The maximum Gasteiger partial charge on any atom is 0.317 e. The third-order valence-corrected chi connectivity index (χ3v) is 5.08. The topological polar surface area (TPSA) is 81.7 Å². The first-order valence-electron chi connectivity index (χ1n) is 8.46. The highest BCUT2D eigenvalue weighted by Crippen LogP contribution is 2.28. The quantitative estimate of drug-likeness (QED) is 0.700. The second-order valence-corrected chi connectivity index (χ2v) is 7.00. The largest absolute Gasteiger partial charge is 0.480 e. The van der Waals surface area contributed by atoms with E-state index < -0.39 is 5.97 Å². The van der Waals surface area contributed by atoms with Crippen molar-refractivity contribution in [2.24, 2.45) is 0 Å². The lowest BCUT2D eigenvalue weighted by Gasteiger charge is -2.43. The molecular weight excluding hydrogens is 282 g/mol. The fourth-order valence-electron chi connectivity index (χ4n) is 3.63. The van der Waals surface area contributed by atoms with Crippen molar-refractivity contribution in [3.63, 3.8) is 0 Å². The van der Waals surface area contributed by atoms with E-state index in [0.717, 1.165) is 32.2 Å². The summed E-state index contributed by atoms with van der Waals surface area (Å²) in [5, 5.41) is 15.0. The number of rotatable bonds is 6. The molecule has 0 aromatic heterocycles. The number of carboxylic acid groups (broad SMARTS) is 1. The Kier molecular flexibility index (Phi) is 5.67. The molecule has 6 nitrogen and oxygen atoms in total. The van der Waals surface area contributed by atoms with Crippen LogP contribution in [0.1, 0.15) is 58.8 Å². The minimum Gasteiger partial charge on any atom is -0.480 e. The maximum atomic E-state index is 12.1. The van der Waals surface area contributed by atoms with Crippen LogP contribution >= 0.6 is 0 Å². The van der Waals surface area contributed by atoms with E-state index >= 15 is 0 Å². The average Bonchev–Trinajstić information content (AvgIpc) is 2.40. The third kappa shape index (κ3) is 4.60.